The van der Waals surface area contributed by atoms with E-state index < -0.39 is 25.9 Å². The van der Waals surface area contributed by atoms with E-state index in [1.165, 1.54) is 18.7 Å². The molecule has 0 aromatic carbocycles. The molecule has 0 bridgehead atoms. The smallest absolute Gasteiger partial charge is 0.368 e. The van der Waals surface area contributed by atoms with Crippen LogP contribution in [-0.2, 0) is 17.0 Å². The van der Waals surface area contributed by atoms with E-state index in [0.717, 1.165) is 4.73 Å². The minimum atomic E-state index is -4.98. The molecule has 17 heavy (non-hydrogen) atoms. The van der Waals surface area contributed by atoms with Gasteiger partial charge in [0.15, 0.2) is 6.20 Å². The normalized spacial score (nSPS) is 33.2. The minimum Gasteiger partial charge on any atom is -0.368 e. The van der Waals surface area contributed by atoms with E-state index in [0.29, 0.717) is 0 Å². The summed E-state index contributed by atoms with van der Waals surface area (Å²) in [6.07, 6.45) is 4.12. The molecule has 96 valence electrons. The molecule has 2 heterocycles. The zero-order valence-corrected chi connectivity index (χ0v) is 10.9. The van der Waals surface area contributed by atoms with Gasteiger partial charge in [-0.2, -0.15) is 0 Å². The van der Waals surface area contributed by atoms with Crippen molar-refractivity contribution in [2.45, 2.75) is 0 Å². The average Bonchev–Trinajstić information content (AvgIpc) is 2.48. The highest BCUT2D eigenvalue weighted by molar-refractivity contribution is 7.48. The van der Waals surface area contributed by atoms with Crippen LogP contribution in [0, 0.1) is 0 Å². The number of rotatable bonds is 4. The van der Waals surface area contributed by atoms with Crippen LogP contribution < -0.4 is 9.26 Å². The Morgan fingerprint density at radius 1 is 1.29 bits per heavy atom. The first-order valence-electron chi connectivity index (χ1n) is 4.05. The van der Waals surface area contributed by atoms with Crippen LogP contribution in [0.15, 0.2) is 18.7 Å². The van der Waals surface area contributed by atoms with E-state index >= 15 is 0 Å². The van der Waals surface area contributed by atoms with Crippen LogP contribution in [0.1, 0.15) is 0 Å². The Labute approximate surface area is 95.9 Å². The summed E-state index contributed by atoms with van der Waals surface area (Å²) in [6.45, 7) is 0. The van der Waals surface area contributed by atoms with E-state index in [4.69, 9.17) is 14.3 Å². The molecule has 0 aliphatic carbocycles. The Morgan fingerprint density at radius 2 is 1.94 bits per heavy atom. The van der Waals surface area contributed by atoms with Gasteiger partial charge in [-0.05, 0) is 0 Å². The Balaban J connectivity index is 1.94. The van der Waals surface area contributed by atoms with Crippen molar-refractivity contribution in [3.05, 3.63) is 18.7 Å². The summed E-state index contributed by atoms with van der Waals surface area (Å²) in [4.78, 5) is 38.2. The largest absolute Gasteiger partial charge is 0.773 e. The van der Waals surface area contributed by atoms with E-state index in [9.17, 15) is 14.2 Å². The number of hydrogen-bond acceptors (Lipinski definition) is 7. The monoisotopic (exact) mass is 303 g/mol. The van der Waals surface area contributed by atoms with Gasteiger partial charge in [-0.25, -0.2) is 9.55 Å². The van der Waals surface area contributed by atoms with E-state index in [-0.39, 0.29) is 0 Å². The minimum absolute atomic E-state index is 0.998. The zero-order valence-electron chi connectivity index (χ0n) is 7.96. The van der Waals surface area contributed by atoms with Gasteiger partial charge in [0, 0.05) is 0 Å². The molecule has 0 spiro atoms. The van der Waals surface area contributed by atoms with Gasteiger partial charge in [-0.1, -0.05) is 4.73 Å². The van der Waals surface area contributed by atoms with Gasteiger partial charge in [-0.3, -0.25) is 4.21 Å². The predicted octanol–water partition coefficient (Wildman–Crippen LogP) is -3.26. The molecule has 2 rings (SSSR count). The number of phosphoric acid groups is 1. The van der Waals surface area contributed by atoms with Crippen LogP contribution in [0.4, 0.5) is 0 Å². The Bertz CT molecular complexity index is 439. The summed E-state index contributed by atoms with van der Waals surface area (Å²) < 4.78 is 29.0. The first-order valence-corrected chi connectivity index (χ1v) is 8.92. The fraction of sp³-hybridized carbons (Fsp3) is 0. The summed E-state index contributed by atoms with van der Waals surface area (Å²) in [7, 11) is -13.6. The van der Waals surface area contributed by atoms with Crippen LogP contribution in [0.25, 0.3) is 0 Å². The molecule has 0 saturated carbocycles. The Kier molecular flexibility index (Phi) is 2.99. The lowest BCUT2D eigenvalue weighted by Gasteiger charge is -2.37. The molecular formula is C3H8N2O9PSi2+. The van der Waals surface area contributed by atoms with Crippen molar-refractivity contribution in [1.29, 1.82) is 0 Å². The molecule has 14 heteroatoms. The van der Waals surface area contributed by atoms with Gasteiger partial charge >= 0.3 is 25.9 Å². The van der Waals surface area contributed by atoms with Gasteiger partial charge in [0.1, 0.15) is 6.20 Å². The highest BCUT2D eigenvalue weighted by atomic mass is 31.2. The van der Waals surface area contributed by atoms with Crippen molar-refractivity contribution in [3.63, 3.8) is 0 Å². The van der Waals surface area contributed by atoms with Gasteiger partial charge in [0.25, 0.3) is 6.33 Å². The number of aromatic nitrogens is 2. The fourth-order valence-corrected chi connectivity index (χ4v) is 6.54. The SMILES string of the molecule is O=P(O)(O)O[Si]1(O)O[Si](O)(O[n+]2cc[nH]c2)O1. The first-order chi connectivity index (χ1) is 7.70. The summed E-state index contributed by atoms with van der Waals surface area (Å²) in [5.41, 5.74) is 0. The van der Waals surface area contributed by atoms with Gasteiger partial charge < -0.3 is 32.1 Å². The van der Waals surface area contributed by atoms with Crippen molar-refractivity contribution in [2.24, 2.45) is 0 Å². The van der Waals surface area contributed by atoms with E-state index in [1.54, 1.807) is 0 Å². The summed E-state index contributed by atoms with van der Waals surface area (Å²) in [5, 5.41) is 0. The van der Waals surface area contributed by atoms with Crippen LogP contribution in [-0.4, -0.2) is 42.5 Å². The molecule has 1 fully saturated rings. The Hall–Kier alpha value is -0.606. The molecule has 5 N–H and O–H groups in total. The van der Waals surface area contributed by atoms with Crippen molar-refractivity contribution < 1.29 is 45.6 Å². The number of hydrogen-bond donors (Lipinski definition) is 5. The maximum Gasteiger partial charge on any atom is 0.773 e. The quantitative estimate of drug-likeness (QED) is 0.219. The highest BCUT2D eigenvalue weighted by Gasteiger charge is 2.76. The van der Waals surface area contributed by atoms with Gasteiger partial charge in [0.2, 0.25) is 0 Å². The molecule has 1 aromatic heterocycles. The number of nitrogens with one attached hydrogen (secondary N) is 1. The van der Waals surface area contributed by atoms with Crippen molar-refractivity contribution in [1.82, 2.24) is 4.98 Å². The maximum absolute atomic E-state index is 10.4. The predicted molar refractivity (Wildman–Crippen MR) is 48.8 cm³/mol. The molecule has 1 aliphatic heterocycles. The van der Waals surface area contributed by atoms with Gasteiger partial charge in [-0.15, -0.1) is 0 Å². The average molecular weight is 303 g/mol. The van der Waals surface area contributed by atoms with E-state index in [2.05, 4.69) is 17.4 Å². The lowest BCUT2D eigenvalue weighted by molar-refractivity contribution is -0.870. The number of aromatic amines is 1. The molecule has 1 saturated heterocycles. The second-order valence-electron chi connectivity index (χ2n) is 2.90. The maximum atomic E-state index is 10.4. The van der Waals surface area contributed by atoms with Gasteiger partial charge in [0.05, 0.1) is 0 Å². The van der Waals surface area contributed by atoms with Crippen LogP contribution in [0.5, 0.6) is 0 Å². The number of nitrogens with zero attached hydrogens (tertiary/aromatic N) is 1. The third-order valence-electron chi connectivity index (χ3n) is 1.49. The fourth-order valence-electron chi connectivity index (χ4n) is 1.02. The molecule has 1 aromatic rings. The lowest BCUT2D eigenvalue weighted by atomic mass is 11.0. The number of imidazole rings is 1. The van der Waals surface area contributed by atoms with Crippen LogP contribution >= 0.6 is 7.82 Å². The summed E-state index contributed by atoms with van der Waals surface area (Å²) >= 11 is 0. The third kappa shape index (κ3) is 3.20. The van der Waals surface area contributed by atoms with Crippen molar-refractivity contribution in [3.8, 4) is 0 Å². The van der Waals surface area contributed by atoms with E-state index in [1.807, 2.05) is 0 Å². The van der Waals surface area contributed by atoms with Crippen molar-refractivity contribution in [2.75, 3.05) is 0 Å². The standard InChI is InChI=1S/C3H7N2O9PSi2/c6-15(7,8)12-17(10)13-16(9,14-17)11-5-2-1-4-3-5/h1-3,9-10H,(H2,6,7,8)/p+1. The zero-order chi connectivity index (χ0) is 12.7. The number of H-pyrrole nitrogens is 1. The topological polar surface area (TPSA) is 155 Å². The molecule has 0 unspecified atom stereocenters. The molecule has 0 radical (unpaired) electrons. The molecule has 0 atom stereocenters. The Morgan fingerprint density at radius 3 is 2.41 bits per heavy atom. The van der Waals surface area contributed by atoms with Crippen LogP contribution in [0.2, 0.25) is 0 Å². The molecular weight excluding hydrogens is 295 g/mol. The third-order valence-corrected chi connectivity index (χ3v) is 7.93. The first kappa shape index (κ1) is 12.8. The molecule has 11 nitrogen and oxygen atoms in total. The lowest BCUT2D eigenvalue weighted by Crippen LogP contribution is -2.79. The second-order valence-corrected chi connectivity index (χ2v) is 8.52. The summed E-state index contributed by atoms with van der Waals surface area (Å²) in [6, 6.07) is 0. The highest BCUT2D eigenvalue weighted by Crippen LogP contribution is 2.43. The molecule has 1 aliphatic rings. The second kappa shape index (κ2) is 3.96. The molecule has 0 amide bonds. The summed E-state index contributed by atoms with van der Waals surface area (Å²) in [5.74, 6) is 0. The van der Waals surface area contributed by atoms with Crippen molar-refractivity contribution >= 4 is 25.9 Å². The van der Waals surface area contributed by atoms with Crippen LogP contribution in [0.3, 0.4) is 0 Å².